The molecule has 0 aliphatic rings. The van der Waals surface area contributed by atoms with Crippen molar-refractivity contribution < 1.29 is 14.3 Å². The highest BCUT2D eigenvalue weighted by Crippen LogP contribution is 2.26. The average molecular weight is 365 g/mol. The van der Waals surface area contributed by atoms with Gasteiger partial charge in [0.1, 0.15) is 6.61 Å². The fourth-order valence-corrected chi connectivity index (χ4v) is 4.12. The van der Waals surface area contributed by atoms with Crippen LogP contribution in [0, 0.1) is 11.3 Å². The Labute approximate surface area is 148 Å². The first-order valence-corrected chi connectivity index (χ1v) is 10.6. The minimum atomic E-state index is -0.252. The summed E-state index contributed by atoms with van der Waals surface area (Å²) in [4.78, 5) is 22.4. The predicted molar refractivity (Wildman–Crippen MR) is 100 cm³/mol. The Kier molecular flexibility index (Phi) is 12.7. The first-order chi connectivity index (χ1) is 10.8. The van der Waals surface area contributed by atoms with E-state index in [1.54, 1.807) is 21.6 Å². The Balaban J connectivity index is 3.67. The molecule has 0 bridgehead atoms. The average Bonchev–Trinajstić information content (AvgIpc) is 2.43. The number of rotatable bonds is 13. The Morgan fingerprint density at radius 3 is 2.52 bits per heavy atom. The van der Waals surface area contributed by atoms with Crippen molar-refractivity contribution in [2.24, 2.45) is 17.1 Å². The topological polar surface area (TPSA) is 81.4 Å². The molecule has 0 saturated heterocycles. The molecule has 0 aromatic rings. The van der Waals surface area contributed by atoms with Gasteiger partial charge in [0.2, 0.25) is 5.91 Å². The van der Waals surface area contributed by atoms with Crippen molar-refractivity contribution in [3.8, 4) is 0 Å². The lowest BCUT2D eigenvalue weighted by Crippen LogP contribution is -2.35. The molecule has 1 unspecified atom stereocenters. The van der Waals surface area contributed by atoms with Crippen LogP contribution < -0.4 is 11.1 Å². The van der Waals surface area contributed by atoms with Crippen LogP contribution in [0.25, 0.3) is 0 Å². The summed E-state index contributed by atoms with van der Waals surface area (Å²) in [5, 5.41) is 3.03. The number of hydrogen-bond donors (Lipinski definition) is 2. The molecular weight excluding hydrogens is 332 g/mol. The first kappa shape index (κ1) is 22.6. The van der Waals surface area contributed by atoms with Gasteiger partial charge < -0.3 is 15.8 Å². The molecule has 0 radical (unpaired) electrons. The van der Waals surface area contributed by atoms with E-state index in [0.717, 1.165) is 30.9 Å². The van der Waals surface area contributed by atoms with Gasteiger partial charge in [-0.2, -0.15) is 0 Å². The lowest BCUT2D eigenvalue weighted by molar-refractivity contribution is -0.140. The molecule has 3 N–H and O–H groups in total. The van der Waals surface area contributed by atoms with E-state index in [0.29, 0.717) is 25.5 Å². The van der Waals surface area contributed by atoms with Crippen LogP contribution in [-0.4, -0.2) is 43.1 Å². The molecule has 7 heteroatoms. The molecule has 0 heterocycles. The van der Waals surface area contributed by atoms with Crippen molar-refractivity contribution in [2.75, 3.05) is 31.2 Å². The molecule has 5 nitrogen and oxygen atoms in total. The van der Waals surface area contributed by atoms with E-state index in [1.807, 2.05) is 0 Å². The normalized spacial score (nSPS) is 12.7. The SMILES string of the molecule is CC(=O)OCCSSCCC(=O)NCC(C)(C)CC(C)CCN. The molecule has 23 heavy (non-hydrogen) atoms. The Morgan fingerprint density at radius 1 is 1.26 bits per heavy atom. The van der Waals surface area contributed by atoms with E-state index in [2.05, 4.69) is 26.1 Å². The van der Waals surface area contributed by atoms with Gasteiger partial charge in [0.15, 0.2) is 0 Å². The van der Waals surface area contributed by atoms with Crippen LogP contribution >= 0.6 is 21.6 Å². The maximum atomic E-state index is 11.9. The number of nitrogens with two attached hydrogens (primary N) is 1. The summed E-state index contributed by atoms with van der Waals surface area (Å²) >= 11 is 0. The third kappa shape index (κ3) is 14.9. The van der Waals surface area contributed by atoms with Crippen LogP contribution in [0.15, 0.2) is 0 Å². The Bertz CT molecular complexity index is 352. The standard InChI is InChI=1S/C16H32N2O3S2/c1-13(5-7-17)11-16(3,4)12-18-15(20)6-9-22-23-10-8-21-14(2)19/h13H,5-12,17H2,1-4H3,(H,18,20). The van der Waals surface area contributed by atoms with E-state index < -0.39 is 0 Å². The van der Waals surface area contributed by atoms with Crippen LogP contribution in [0.5, 0.6) is 0 Å². The predicted octanol–water partition coefficient (Wildman–Crippen LogP) is 2.84. The summed E-state index contributed by atoms with van der Waals surface area (Å²) in [6.45, 7) is 9.82. The number of amides is 1. The zero-order chi connectivity index (χ0) is 17.7. The van der Waals surface area contributed by atoms with Gasteiger partial charge in [0.05, 0.1) is 0 Å². The third-order valence-corrected chi connectivity index (χ3v) is 5.66. The molecule has 1 amide bonds. The molecule has 0 aromatic heterocycles. The van der Waals surface area contributed by atoms with Crippen LogP contribution in [0.4, 0.5) is 0 Å². The minimum Gasteiger partial charge on any atom is -0.465 e. The van der Waals surface area contributed by atoms with Crippen molar-refractivity contribution in [2.45, 2.75) is 47.0 Å². The molecular formula is C16H32N2O3S2. The largest absolute Gasteiger partial charge is 0.465 e. The lowest BCUT2D eigenvalue weighted by Gasteiger charge is -2.28. The first-order valence-electron chi connectivity index (χ1n) is 8.11. The van der Waals surface area contributed by atoms with E-state index in [1.165, 1.54) is 6.92 Å². The van der Waals surface area contributed by atoms with E-state index in [9.17, 15) is 9.59 Å². The summed E-state index contributed by atoms with van der Waals surface area (Å²) < 4.78 is 4.83. The van der Waals surface area contributed by atoms with Crippen molar-refractivity contribution in [1.82, 2.24) is 5.32 Å². The highest BCUT2D eigenvalue weighted by atomic mass is 33.1. The molecule has 0 aromatic carbocycles. The van der Waals surface area contributed by atoms with Crippen LogP contribution in [0.1, 0.15) is 47.0 Å². The van der Waals surface area contributed by atoms with Gasteiger partial charge in [-0.25, -0.2) is 0 Å². The summed E-state index contributed by atoms with van der Waals surface area (Å²) in [7, 11) is 3.26. The smallest absolute Gasteiger partial charge is 0.302 e. The number of esters is 1. The number of ether oxygens (including phenoxy) is 1. The molecule has 0 spiro atoms. The van der Waals surface area contributed by atoms with Crippen molar-refractivity contribution >= 4 is 33.5 Å². The minimum absolute atomic E-state index is 0.0934. The van der Waals surface area contributed by atoms with Gasteiger partial charge in [0.25, 0.3) is 0 Å². The van der Waals surface area contributed by atoms with Crippen molar-refractivity contribution in [3.05, 3.63) is 0 Å². The van der Waals surface area contributed by atoms with Gasteiger partial charge in [-0.05, 0) is 30.7 Å². The maximum Gasteiger partial charge on any atom is 0.302 e. The number of hydrogen-bond acceptors (Lipinski definition) is 6. The Morgan fingerprint density at radius 2 is 1.91 bits per heavy atom. The highest BCUT2D eigenvalue weighted by molar-refractivity contribution is 8.76. The molecule has 0 saturated carbocycles. The molecule has 0 aliphatic carbocycles. The van der Waals surface area contributed by atoms with E-state index in [-0.39, 0.29) is 17.3 Å². The van der Waals surface area contributed by atoms with Crippen LogP contribution in [0.2, 0.25) is 0 Å². The summed E-state index contributed by atoms with van der Waals surface area (Å²) in [5.41, 5.74) is 5.68. The second kappa shape index (κ2) is 13.0. The number of carbonyl (C=O) groups excluding carboxylic acids is 2. The van der Waals surface area contributed by atoms with E-state index >= 15 is 0 Å². The highest BCUT2D eigenvalue weighted by Gasteiger charge is 2.21. The number of carbonyl (C=O) groups is 2. The monoisotopic (exact) mass is 364 g/mol. The zero-order valence-electron chi connectivity index (χ0n) is 14.9. The van der Waals surface area contributed by atoms with Crippen molar-refractivity contribution in [3.63, 3.8) is 0 Å². The lowest BCUT2D eigenvalue weighted by atomic mass is 9.82. The second-order valence-corrected chi connectivity index (χ2v) is 9.26. The van der Waals surface area contributed by atoms with Gasteiger partial charge in [-0.15, -0.1) is 0 Å². The Hall–Kier alpha value is -0.400. The fourth-order valence-electron chi connectivity index (χ4n) is 2.30. The van der Waals surface area contributed by atoms with E-state index in [4.69, 9.17) is 10.5 Å². The molecule has 0 fully saturated rings. The second-order valence-electron chi connectivity index (χ2n) is 6.56. The summed E-state index contributed by atoms with van der Waals surface area (Å²) in [5.74, 6) is 1.94. The quantitative estimate of drug-likeness (QED) is 0.297. The number of nitrogens with one attached hydrogen (secondary N) is 1. The van der Waals surface area contributed by atoms with Crippen molar-refractivity contribution in [1.29, 1.82) is 0 Å². The molecule has 0 rings (SSSR count). The molecule has 0 aliphatic heterocycles. The van der Waals surface area contributed by atoms with Crippen LogP contribution in [0.3, 0.4) is 0 Å². The van der Waals surface area contributed by atoms with Gasteiger partial charge in [-0.3, -0.25) is 9.59 Å². The fraction of sp³-hybridized carbons (Fsp3) is 0.875. The maximum absolute atomic E-state index is 11.9. The van der Waals surface area contributed by atoms with Gasteiger partial charge in [-0.1, -0.05) is 42.4 Å². The molecule has 136 valence electrons. The molecule has 1 atom stereocenters. The van der Waals surface area contributed by atoms with Gasteiger partial charge in [0, 0.05) is 31.4 Å². The summed E-state index contributed by atoms with van der Waals surface area (Å²) in [6.07, 6.45) is 2.60. The van der Waals surface area contributed by atoms with Gasteiger partial charge >= 0.3 is 5.97 Å². The van der Waals surface area contributed by atoms with Crippen LogP contribution in [-0.2, 0) is 14.3 Å². The zero-order valence-corrected chi connectivity index (χ0v) is 16.5. The summed E-state index contributed by atoms with van der Waals surface area (Å²) in [6, 6.07) is 0. The third-order valence-electron chi connectivity index (χ3n) is 3.29.